The van der Waals surface area contributed by atoms with Crippen LogP contribution in [-0.4, -0.2) is 94.2 Å². The number of hydrogen-bond donors (Lipinski definition) is 0. The first-order chi connectivity index (χ1) is 18.8. The van der Waals surface area contributed by atoms with Crippen LogP contribution >= 0.6 is 0 Å². The summed E-state index contributed by atoms with van der Waals surface area (Å²) in [5.74, 6) is 0. The van der Waals surface area contributed by atoms with Crippen LogP contribution in [0.1, 0.15) is 0 Å². The molecule has 1 fully saturated rings. The summed E-state index contributed by atoms with van der Waals surface area (Å²) in [4.78, 5) is 0. The van der Waals surface area contributed by atoms with Crippen LogP contribution in [0, 0.1) is 0 Å². The van der Waals surface area contributed by atoms with Gasteiger partial charge in [0.25, 0.3) is 0 Å². The molecule has 0 unspecified atom stereocenters. The zero-order valence-electron chi connectivity index (χ0n) is 32.0. The molecule has 0 amide bonds. The Morgan fingerprint density at radius 2 is 0.182 bits per heavy atom. The van der Waals surface area contributed by atoms with Crippen molar-refractivity contribution < 1.29 is 45.3 Å². The van der Waals surface area contributed by atoms with Gasteiger partial charge in [0.1, 0.15) is 0 Å². The van der Waals surface area contributed by atoms with Gasteiger partial charge < -0.3 is 45.3 Å². The average molecular weight is 816 g/mol. The highest BCUT2D eigenvalue weighted by Crippen LogP contribution is 2.32. The first-order valence-electron chi connectivity index (χ1n) is 15.5. The Labute approximate surface area is 282 Å². The van der Waals surface area contributed by atoms with Gasteiger partial charge in [-0.2, -0.15) is 0 Å². The molecule has 0 aromatic rings. The van der Waals surface area contributed by atoms with Crippen molar-refractivity contribution in [3.63, 3.8) is 0 Å². The van der Waals surface area contributed by atoms with Gasteiger partial charge in [-0.05, 0) is 144 Å². The highest BCUT2D eigenvalue weighted by molar-refractivity contribution is 6.94. The van der Waals surface area contributed by atoms with Crippen LogP contribution in [0.5, 0.6) is 0 Å². The van der Waals surface area contributed by atoms with Gasteiger partial charge in [-0.3, -0.25) is 0 Å². The van der Waals surface area contributed by atoms with Gasteiger partial charge in [0.05, 0.1) is 0 Å². The average Bonchev–Trinajstić information content (AvgIpc) is 2.45. The van der Waals surface area contributed by atoms with E-state index >= 15 is 0 Å². The maximum absolute atomic E-state index is 6.74. The molecule has 264 valence electrons. The maximum atomic E-state index is 6.74. The smallest absolute Gasteiger partial charge is 0.314 e. The first-order valence-corrected chi connectivity index (χ1v) is 46.5. The fourth-order valence-corrected chi connectivity index (χ4v) is 64.8. The van der Waals surface area contributed by atoms with Crippen molar-refractivity contribution in [3.05, 3.63) is 0 Å². The molecule has 0 aromatic carbocycles. The fraction of sp³-hybridized carbons (Fsp3) is 1.00. The molecular formula is C22H66O11Si11. The van der Waals surface area contributed by atoms with E-state index in [0.717, 1.165) is 0 Å². The lowest BCUT2D eigenvalue weighted by atomic mass is 11.9. The molecule has 22 heteroatoms. The summed E-state index contributed by atoms with van der Waals surface area (Å²) in [5, 5.41) is 0. The van der Waals surface area contributed by atoms with Gasteiger partial charge in [0.2, 0.25) is 0 Å². The normalized spacial score (nSPS) is 31.5. The minimum atomic E-state index is -2.67. The zero-order chi connectivity index (χ0) is 35.3. The van der Waals surface area contributed by atoms with Crippen LogP contribution in [0.25, 0.3) is 0 Å². The third kappa shape index (κ3) is 17.6. The molecule has 44 heavy (non-hydrogen) atoms. The molecule has 1 saturated heterocycles. The van der Waals surface area contributed by atoms with Gasteiger partial charge >= 0.3 is 94.2 Å². The van der Waals surface area contributed by atoms with Crippen molar-refractivity contribution in [3.8, 4) is 0 Å². The Morgan fingerprint density at radius 1 is 0.136 bits per heavy atom. The second-order valence-corrected chi connectivity index (χ2v) is 56.3. The molecule has 1 aliphatic rings. The van der Waals surface area contributed by atoms with E-state index in [1.165, 1.54) is 0 Å². The predicted octanol–water partition coefficient (Wildman–Crippen LogP) is 7.90. The second kappa shape index (κ2) is 13.9. The quantitative estimate of drug-likeness (QED) is 0.223. The van der Waals surface area contributed by atoms with Gasteiger partial charge in [-0.1, -0.05) is 0 Å². The Bertz CT molecular complexity index is 677. The summed E-state index contributed by atoms with van der Waals surface area (Å²) < 4.78 is 74.2. The molecule has 0 aromatic heterocycles. The standard InChI is InChI=1S/C22H66O11Si11/c1-34(2)23-35(3,4)25-37(7,8)27-39(11,12)29-41(15,16)31-43(19,20)33-44(21,22)32-42(17,18)30-40(13,14)28-38(9,10)26-36(5,6)24-34/h1-22H3. The lowest BCUT2D eigenvalue weighted by molar-refractivity contribution is 0.243. The highest BCUT2D eigenvalue weighted by Gasteiger charge is 2.52. The van der Waals surface area contributed by atoms with Crippen molar-refractivity contribution in [1.29, 1.82) is 0 Å². The molecule has 0 aliphatic carbocycles. The van der Waals surface area contributed by atoms with Crippen LogP contribution in [0.2, 0.25) is 144 Å². The van der Waals surface area contributed by atoms with Crippen LogP contribution in [0.4, 0.5) is 0 Å². The molecule has 1 rings (SSSR count). The third-order valence-electron chi connectivity index (χ3n) is 5.41. The molecule has 0 atom stereocenters. The van der Waals surface area contributed by atoms with Gasteiger partial charge in [-0.15, -0.1) is 0 Å². The second-order valence-electron chi connectivity index (χ2n) is 16.5. The Kier molecular flexibility index (Phi) is 13.9. The SMILES string of the molecule is C[Si]1(C)O[Si](C)(C)O[Si](C)(C)O[Si](C)(C)O[Si](C)(C)O[Si](C)(C)O[Si](C)(C)O[Si](C)(C)O[Si](C)(C)O[Si](C)(C)O[Si](C)(C)O1. The summed E-state index contributed by atoms with van der Waals surface area (Å²) in [6.45, 7) is 45.4. The van der Waals surface area contributed by atoms with Crippen molar-refractivity contribution in [2.24, 2.45) is 0 Å². The molecule has 0 N–H and O–H groups in total. The lowest BCUT2D eigenvalue weighted by Gasteiger charge is -2.46. The van der Waals surface area contributed by atoms with Gasteiger partial charge in [-0.25, -0.2) is 0 Å². The largest absolute Gasteiger partial charge is 0.416 e. The third-order valence-corrected chi connectivity index (χ3v) is 48.7. The number of hydrogen-bond acceptors (Lipinski definition) is 11. The zero-order valence-corrected chi connectivity index (χ0v) is 43.0. The molecule has 0 radical (unpaired) electrons. The Balaban J connectivity index is 3.54. The summed E-state index contributed by atoms with van der Waals surface area (Å²) in [6.07, 6.45) is 0. The van der Waals surface area contributed by atoms with Gasteiger partial charge in [0, 0.05) is 0 Å². The van der Waals surface area contributed by atoms with E-state index < -0.39 is 94.2 Å². The van der Waals surface area contributed by atoms with E-state index in [9.17, 15) is 0 Å². The minimum absolute atomic E-state index is 2.06. The molecule has 0 bridgehead atoms. The molecule has 0 spiro atoms. The molecule has 1 aliphatic heterocycles. The summed E-state index contributed by atoms with van der Waals surface area (Å²) in [5.41, 5.74) is 0. The topological polar surface area (TPSA) is 102 Å². The fourth-order valence-electron chi connectivity index (χ4n) is 6.74. The van der Waals surface area contributed by atoms with Crippen molar-refractivity contribution in [2.75, 3.05) is 0 Å². The van der Waals surface area contributed by atoms with Crippen molar-refractivity contribution in [1.82, 2.24) is 0 Å². The van der Waals surface area contributed by atoms with E-state index in [4.69, 9.17) is 45.3 Å². The van der Waals surface area contributed by atoms with E-state index in [0.29, 0.717) is 0 Å². The molecule has 1 heterocycles. The lowest BCUT2D eigenvalue weighted by Crippen LogP contribution is -2.64. The van der Waals surface area contributed by atoms with E-state index in [1.807, 2.05) is 0 Å². The summed E-state index contributed by atoms with van der Waals surface area (Å²) in [7, 11) is -29.4. The minimum Gasteiger partial charge on any atom is -0.416 e. The van der Waals surface area contributed by atoms with E-state index in [1.54, 1.807) is 0 Å². The Hall–Kier alpha value is 1.95. The monoisotopic (exact) mass is 814 g/mol. The molecular weight excluding hydrogens is 749 g/mol. The first kappa shape index (κ1) is 44.0. The summed E-state index contributed by atoms with van der Waals surface area (Å²) >= 11 is 0. The van der Waals surface area contributed by atoms with Crippen molar-refractivity contribution >= 4 is 94.2 Å². The van der Waals surface area contributed by atoms with E-state index in [2.05, 4.69) is 144 Å². The van der Waals surface area contributed by atoms with Crippen LogP contribution in [-0.2, 0) is 45.3 Å². The predicted molar refractivity (Wildman–Crippen MR) is 204 cm³/mol. The van der Waals surface area contributed by atoms with Gasteiger partial charge in [0.15, 0.2) is 0 Å². The highest BCUT2D eigenvalue weighted by atomic mass is 28.5. The van der Waals surface area contributed by atoms with E-state index in [-0.39, 0.29) is 0 Å². The number of rotatable bonds is 0. The molecule has 11 nitrogen and oxygen atoms in total. The maximum Gasteiger partial charge on any atom is 0.314 e. The Morgan fingerprint density at radius 3 is 0.227 bits per heavy atom. The van der Waals surface area contributed by atoms with Crippen LogP contribution < -0.4 is 0 Å². The summed E-state index contributed by atoms with van der Waals surface area (Å²) in [6, 6.07) is 0. The van der Waals surface area contributed by atoms with Crippen molar-refractivity contribution in [2.45, 2.75) is 144 Å². The van der Waals surface area contributed by atoms with Crippen LogP contribution in [0.3, 0.4) is 0 Å². The van der Waals surface area contributed by atoms with Crippen LogP contribution in [0.15, 0.2) is 0 Å². The molecule has 0 saturated carbocycles.